The van der Waals surface area contributed by atoms with E-state index in [1.807, 2.05) is 0 Å². The van der Waals surface area contributed by atoms with Crippen molar-refractivity contribution < 1.29 is 23.8 Å². The van der Waals surface area contributed by atoms with Gasteiger partial charge in [-0.3, -0.25) is 4.79 Å². The molecule has 0 bridgehead atoms. The lowest BCUT2D eigenvalue weighted by molar-refractivity contribution is -0.137. The molecule has 4 nitrogen and oxygen atoms in total. The third-order valence-electron chi connectivity index (χ3n) is 3.70. The fourth-order valence-electron chi connectivity index (χ4n) is 2.67. The molecule has 3 rings (SSSR count). The van der Waals surface area contributed by atoms with E-state index in [-0.39, 0.29) is 19.1 Å². The number of hydrogen-bond donors (Lipinski definition) is 1. The summed E-state index contributed by atoms with van der Waals surface area (Å²) in [5, 5.41) is 9.05. The molecule has 1 aliphatic carbocycles. The van der Waals surface area contributed by atoms with E-state index in [4.69, 9.17) is 14.6 Å². The first-order chi connectivity index (χ1) is 9.19. The Balaban J connectivity index is 2.01. The molecule has 1 atom stereocenters. The highest BCUT2D eigenvalue weighted by atomic mass is 19.1. The first-order valence-corrected chi connectivity index (χ1v) is 6.39. The third-order valence-corrected chi connectivity index (χ3v) is 3.70. The summed E-state index contributed by atoms with van der Waals surface area (Å²) >= 11 is 0. The molecule has 1 aromatic carbocycles. The molecule has 1 saturated carbocycles. The molecule has 1 aliphatic heterocycles. The number of ether oxygens (including phenoxy) is 2. The Morgan fingerprint density at radius 1 is 1.42 bits per heavy atom. The van der Waals surface area contributed by atoms with Crippen LogP contribution in [0.25, 0.3) is 0 Å². The van der Waals surface area contributed by atoms with Gasteiger partial charge in [0.05, 0.1) is 6.42 Å². The molecule has 2 aliphatic rings. The molecule has 1 aromatic rings. The number of aliphatic carboxylic acids is 1. The van der Waals surface area contributed by atoms with E-state index >= 15 is 0 Å². The molecule has 0 aromatic heterocycles. The maximum atomic E-state index is 12.9. The zero-order chi connectivity index (χ0) is 13.4. The van der Waals surface area contributed by atoms with Crippen molar-refractivity contribution >= 4 is 5.97 Å². The van der Waals surface area contributed by atoms with E-state index in [9.17, 15) is 9.18 Å². The number of carbonyl (C=O) groups is 1. The van der Waals surface area contributed by atoms with E-state index in [0.717, 1.165) is 18.4 Å². The quantitative estimate of drug-likeness (QED) is 0.890. The molecule has 1 unspecified atom stereocenters. The number of rotatable bonds is 5. The van der Waals surface area contributed by atoms with Crippen LogP contribution in [0.2, 0.25) is 0 Å². The number of fused-ring (bicyclic) bond motifs is 1. The molecule has 0 spiro atoms. The Hall–Kier alpha value is -1.78. The maximum Gasteiger partial charge on any atom is 0.303 e. The van der Waals surface area contributed by atoms with Crippen molar-refractivity contribution in [2.24, 2.45) is 5.92 Å². The van der Waals surface area contributed by atoms with Crippen LogP contribution in [0, 0.1) is 5.92 Å². The van der Waals surface area contributed by atoms with Gasteiger partial charge in [-0.05, 0) is 36.5 Å². The second kappa shape index (κ2) is 4.72. The Labute approximate surface area is 110 Å². The van der Waals surface area contributed by atoms with Crippen molar-refractivity contribution in [1.29, 1.82) is 0 Å². The second-order valence-electron chi connectivity index (χ2n) is 5.09. The van der Waals surface area contributed by atoms with Gasteiger partial charge in [0.15, 0.2) is 11.5 Å². The molecular formula is C14H15FO4. The van der Waals surface area contributed by atoms with Crippen LogP contribution in [0.3, 0.4) is 0 Å². The summed E-state index contributed by atoms with van der Waals surface area (Å²) < 4.78 is 23.6. The van der Waals surface area contributed by atoms with Gasteiger partial charge in [-0.15, -0.1) is 0 Å². The molecule has 0 amide bonds. The predicted octanol–water partition coefficient (Wildman–Crippen LogP) is 2.85. The summed E-state index contributed by atoms with van der Waals surface area (Å²) in [6.45, 7) is -0.476. The molecule has 102 valence electrons. The van der Waals surface area contributed by atoms with Crippen molar-refractivity contribution in [2.75, 3.05) is 6.79 Å². The molecule has 0 saturated heterocycles. The zero-order valence-corrected chi connectivity index (χ0v) is 10.4. The molecular weight excluding hydrogens is 251 g/mol. The summed E-state index contributed by atoms with van der Waals surface area (Å²) in [5.74, 6) is 0.533. The van der Waals surface area contributed by atoms with Crippen LogP contribution in [0.15, 0.2) is 12.1 Å². The normalized spacial score (nSPS) is 18.4. The van der Waals surface area contributed by atoms with E-state index in [0.29, 0.717) is 23.0 Å². The molecule has 1 fully saturated rings. The van der Waals surface area contributed by atoms with Crippen LogP contribution < -0.4 is 9.47 Å². The lowest BCUT2D eigenvalue weighted by atomic mass is 9.89. The minimum absolute atomic E-state index is 0.0518. The van der Waals surface area contributed by atoms with E-state index < -0.39 is 12.6 Å². The van der Waals surface area contributed by atoms with Crippen LogP contribution >= 0.6 is 0 Å². The number of carboxylic acids is 1. The Bertz CT molecular complexity index is 510. The number of hydrogen-bond acceptors (Lipinski definition) is 3. The van der Waals surface area contributed by atoms with Crippen LogP contribution in [0.4, 0.5) is 4.39 Å². The Morgan fingerprint density at radius 3 is 2.84 bits per heavy atom. The first kappa shape index (κ1) is 12.3. The summed E-state index contributed by atoms with van der Waals surface area (Å²) in [5.41, 5.74) is 1.29. The van der Waals surface area contributed by atoms with Crippen molar-refractivity contribution in [3.63, 3.8) is 0 Å². The molecule has 0 radical (unpaired) electrons. The number of benzene rings is 1. The van der Waals surface area contributed by atoms with Gasteiger partial charge in [0.2, 0.25) is 6.79 Å². The van der Waals surface area contributed by atoms with Gasteiger partial charge in [0.1, 0.15) is 6.67 Å². The maximum absolute atomic E-state index is 12.9. The monoisotopic (exact) mass is 266 g/mol. The summed E-state index contributed by atoms with van der Waals surface area (Å²) in [6, 6.07) is 3.34. The van der Waals surface area contributed by atoms with Crippen LogP contribution in [-0.2, 0) is 11.5 Å². The van der Waals surface area contributed by atoms with Crippen molar-refractivity contribution in [3.8, 4) is 11.5 Å². The summed E-state index contributed by atoms with van der Waals surface area (Å²) in [4.78, 5) is 11.0. The topological polar surface area (TPSA) is 55.8 Å². The van der Waals surface area contributed by atoms with Gasteiger partial charge < -0.3 is 14.6 Å². The van der Waals surface area contributed by atoms with Crippen molar-refractivity contribution in [3.05, 3.63) is 23.3 Å². The molecule has 19 heavy (non-hydrogen) atoms. The minimum atomic E-state index is -0.838. The first-order valence-electron chi connectivity index (χ1n) is 6.39. The zero-order valence-electron chi connectivity index (χ0n) is 10.4. The number of alkyl halides is 1. The van der Waals surface area contributed by atoms with Crippen LogP contribution in [0.1, 0.15) is 36.3 Å². The molecule has 1 heterocycles. The van der Waals surface area contributed by atoms with Gasteiger partial charge in [0, 0.05) is 11.5 Å². The van der Waals surface area contributed by atoms with E-state index in [2.05, 4.69) is 0 Å². The Kier molecular flexibility index (Phi) is 3.05. The summed E-state index contributed by atoms with van der Waals surface area (Å²) in [6.07, 6.45) is 2.09. The van der Waals surface area contributed by atoms with Crippen LogP contribution in [0.5, 0.6) is 11.5 Å². The van der Waals surface area contributed by atoms with Gasteiger partial charge in [-0.2, -0.15) is 0 Å². The van der Waals surface area contributed by atoms with Gasteiger partial charge in [-0.1, -0.05) is 0 Å². The predicted molar refractivity (Wildman–Crippen MR) is 65.1 cm³/mol. The largest absolute Gasteiger partial charge is 0.481 e. The lowest BCUT2D eigenvalue weighted by Gasteiger charge is -2.17. The highest BCUT2D eigenvalue weighted by molar-refractivity contribution is 5.69. The highest BCUT2D eigenvalue weighted by Crippen LogP contribution is 2.50. The Morgan fingerprint density at radius 2 is 2.21 bits per heavy atom. The average Bonchev–Trinajstić information content (AvgIpc) is 3.12. The van der Waals surface area contributed by atoms with E-state index in [1.165, 1.54) is 0 Å². The molecule has 1 N–H and O–H groups in total. The van der Waals surface area contributed by atoms with Crippen LogP contribution in [-0.4, -0.2) is 17.9 Å². The fourth-order valence-corrected chi connectivity index (χ4v) is 2.67. The van der Waals surface area contributed by atoms with Gasteiger partial charge >= 0.3 is 5.97 Å². The van der Waals surface area contributed by atoms with Gasteiger partial charge in [-0.25, -0.2) is 4.39 Å². The standard InChI is InChI=1S/C14H15FO4/c15-6-8-3-11(14-12(4-8)18-7-19-14)10(5-13(16)17)9-1-2-9/h3-4,9-10H,1-2,5-7H2,(H,16,17). The minimum Gasteiger partial charge on any atom is -0.481 e. The fraction of sp³-hybridized carbons (Fsp3) is 0.500. The van der Waals surface area contributed by atoms with E-state index in [1.54, 1.807) is 12.1 Å². The van der Waals surface area contributed by atoms with Gasteiger partial charge in [0.25, 0.3) is 0 Å². The lowest BCUT2D eigenvalue weighted by Crippen LogP contribution is -2.09. The number of halogens is 1. The van der Waals surface area contributed by atoms with Crippen molar-refractivity contribution in [2.45, 2.75) is 31.9 Å². The number of carboxylic acid groups (broad SMARTS) is 1. The smallest absolute Gasteiger partial charge is 0.303 e. The SMILES string of the molecule is O=C(O)CC(c1cc(CF)cc2c1OCO2)C1CC1. The molecule has 5 heteroatoms. The highest BCUT2D eigenvalue weighted by Gasteiger charge is 2.37. The van der Waals surface area contributed by atoms with Crippen molar-refractivity contribution in [1.82, 2.24) is 0 Å². The summed E-state index contributed by atoms with van der Waals surface area (Å²) in [7, 11) is 0. The average molecular weight is 266 g/mol. The third kappa shape index (κ3) is 2.37. The second-order valence-corrected chi connectivity index (χ2v) is 5.09.